The quantitative estimate of drug-likeness (QED) is 0.479. The van der Waals surface area contributed by atoms with Crippen molar-refractivity contribution in [3.63, 3.8) is 0 Å². The van der Waals surface area contributed by atoms with Crippen molar-refractivity contribution >= 4 is 39.1 Å². The Labute approximate surface area is 176 Å². The number of carbonyl (C=O) groups excluding carboxylic acids is 2. The molecule has 0 saturated carbocycles. The van der Waals surface area contributed by atoms with Crippen LogP contribution < -0.4 is 10.9 Å². The zero-order valence-electron chi connectivity index (χ0n) is 16.4. The minimum absolute atomic E-state index is 0.0152. The molecule has 1 aromatic carbocycles. The van der Waals surface area contributed by atoms with Gasteiger partial charge in [0, 0.05) is 17.8 Å². The van der Waals surface area contributed by atoms with Gasteiger partial charge in [0.1, 0.15) is 10.4 Å². The highest BCUT2D eigenvalue weighted by Crippen LogP contribution is 2.33. The first-order valence-corrected chi connectivity index (χ1v) is 10.5. The molecular weight excluding hydrogens is 406 g/mol. The number of aryl methyl sites for hydroxylation is 3. The number of aromatic hydroxyl groups is 1. The zero-order chi connectivity index (χ0) is 21.3. The normalized spacial score (nSPS) is 13.1. The number of benzene rings is 1. The number of fused-ring (bicyclic) bond motifs is 3. The number of nitrogens with zero attached hydrogens (tertiary/aromatic N) is 2. The van der Waals surface area contributed by atoms with Gasteiger partial charge in [-0.15, -0.1) is 11.3 Å². The first kappa shape index (κ1) is 20.1. The van der Waals surface area contributed by atoms with Gasteiger partial charge in [-0.1, -0.05) is 6.07 Å². The fourth-order valence-corrected chi connectivity index (χ4v) is 4.91. The van der Waals surface area contributed by atoms with Gasteiger partial charge in [0.25, 0.3) is 5.56 Å². The van der Waals surface area contributed by atoms with Gasteiger partial charge in [-0.3, -0.25) is 14.2 Å². The third kappa shape index (κ3) is 3.68. The summed E-state index contributed by atoms with van der Waals surface area (Å²) in [6.45, 7) is 0.162. The van der Waals surface area contributed by atoms with E-state index in [1.807, 2.05) is 0 Å². The Morgan fingerprint density at radius 3 is 2.90 bits per heavy atom. The summed E-state index contributed by atoms with van der Waals surface area (Å²) in [7, 11) is 1.21. The number of phenolic OH excluding ortho intramolecular Hbond substituents is 1. The maximum absolute atomic E-state index is 12.9. The number of phenols is 1. The van der Waals surface area contributed by atoms with Gasteiger partial charge in [-0.2, -0.15) is 0 Å². The second kappa shape index (κ2) is 8.27. The van der Waals surface area contributed by atoms with Crippen LogP contribution in [0.3, 0.4) is 0 Å². The molecule has 0 saturated heterocycles. The Balaban J connectivity index is 1.50. The fourth-order valence-electron chi connectivity index (χ4n) is 3.69. The van der Waals surface area contributed by atoms with Crippen molar-refractivity contribution < 1.29 is 19.4 Å². The van der Waals surface area contributed by atoms with Crippen LogP contribution >= 0.6 is 11.3 Å². The van der Waals surface area contributed by atoms with E-state index in [4.69, 9.17) is 0 Å². The molecule has 1 aliphatic rings. The van der Waals surface area contributed by atoms with E-state index in [9.17, 15) is 19.5 Å². The van der Waals surface area contributed by atoms with Crippen molar-refractivity contribution in [2.75, 3.05) is 12.4 Å². The Hall–Kier alpha value is -3.20. The molecule has 1 aliphatic carbocycles. The number of anilines is 1. The third-order valence-electron chi connectivity index (χ3n) is 5.24. The molecule has 2 N–H and O–H groups in total. The van der Waals surface area contributed by atoms with Crippen LogP contribution in [0, 0.1) is 0 Å². The number of hydrogen-bond acceptors (Lipinski definition) is 7. The lowest BCUT2D eigenvalue weighted by Gasteiger charge is -2.11. The Morgan fingerprint density at radius 1 is 1.30 bits per heavy atom. The van der Waals surface area contributed by atoms with E-state index < -0.39 is 11.9 Å². The minimum atomic E-state index is -0.700. The number of methoxy groups -OCH3 is 1. The lowest BCUT2D eigenvalue weighted by Crippen LogP contribution is -2.24. The van der Waals surface area contributed by atoms with Crippen LogP contribution in [0.15, 0.2) is 29.3 Å². The van der Waals surface area contributed by atoms with Crippen LogP contribution in [0.4, 0.5) is 5.69 Å². The zero-order valence-corrected chi connectivity index (χ0v) is 17.3. The van der Waals surface area contributed by atoms with Crippen molar-refractivity contribution in [1.82, 2.24) is 9.55 Å². The highest BCUT2D eigenvalue weighted by molar-refractivity contribution is 7.18. The highest BCUT2D eigenvalue weighted by atomic mass is 32.1. The molecular formula is C21H21N3O5S. The number of nitrogens with one attached hydrogen (secondary N) is 1. The summed E-state index contributed by atoms with van der Waals surface area (Å²) in [5, 5.41) is 13.4. The highest BCUT2D eigenvalue weighted by Gasteiger charge is 2.20. The Kier molecular flexibility index (Phi) is 5.54. The smallest absolute Gasteiger partial charge is 0.341 e. The number of hydrogen-bond donors (Lipinski definition) is 2. The van der Waals surface area contributed by atoms with Crippen LogP contribution in [-0.4, -0.2) is 33.6 Å². The molecule has 2 heterocycles. The van der Waals surface area contributed by atoms with Crippen LogP contribution in [0.5, 0.6) is 5.75 Å². The number of esters is 1. The van der Waals surface area contributed by atoms with Gasteiger partial charge >= 0.3 is 5.97 Å². The number of amides is 1. The van der Waals surface area contributed by atoms with Crippen LogP contribution in [0.25, 0.3) is 10.2 Å². The van der Waals surface area contributed by atoms with E-state index in [-0.39, 0.29) is 35.5 Å². The molecule has 30 heavy (non-hydrogen) atoms. The molecule has 0 aliphatic heterocycles. The summed E-state index contributed by atoms with van der Waals surface area (Å²) in [6.07, 6.45) is 5.59. The molecule has 9 heteroatoms. The van der Waals surface area contributed by atoms with Crippen molar-refractivity contribution in [2.45, 2.75) is 38.6 Å². The standard InChI is InChI=1S/C21H21N3O5S/c1-29-21(28)13-6-4-7-14(18(13)26)23-16(25)9-10-24-11-22-19-17(20(24)27)12-5-2-3-8-15(12)30-19/h4,6-7,11,26H,2-3,5,8-10H2,1H3,(H,23,25). The van der Waals surface area contributed by atoms with Gasteiger partial charge in [0.2, 0.25) is 5.91 Å². The van der Waals surface area contributed by atoms with Gasteiger partial charge < -0.3 is 15.2 Å². The van der Waals surface area contributed by atoms with Crippen LogP contribution in [0.1, 0.15) is 40.1 Å². The molecule has 0 spiro atoms. The molecule has 0 atom stereocenters. The van der Waals surface area contributed by atoms with Crippen molar-refractivity contribution in [2.24, 2.45) is 0 Å². The Morgan fingerprint density at radius 2 is 2.10 bits per heavy atom. The van der Waals surface area contributed by atoms with Gasteiger partial charge in [-0.05, 0) is 43.4 Å². The molecule has 1 amide bonds. The lowest BCUT2D eigenvalue weighted by atomic mass is 9.97. The molecule has 2 aromatic heterocycles. The second-order valence-corrected chi connectivity index (χ2v) is 8.21. The molecule has 4 rings (SSSR count). The average Bonchev–Trinajstić information content (AvgIpc) is 3.13. The van der Waals surface area contributed by atoms with E-state index in [1.54, 1.807) is 11.3 Å². The molecule has 156 valence electrons. The van der Waals surface area contributed by atoms with E-state index >= 15 is 0 Å². The van der Waals surface area contributed by atoms with E-state index in [0.29, 0.717) is 5.39 Å². The van der Waals surface area contributed by atoms with Crippen molar-refractivity contribution in [3.8, 4) is 5.75 Å². The summed E-state index contributed by atoms with van der Waals surface area (Å²) in [5.74, 6) is -1.46. The number of rotatable bonds is 5. The Bertz CT molecular complexity index is 1200. The molecule has 0 bridgehead atoms. The molecule has 0 fully saturated rings. The first-order valence-electron chi connectivity index (χ1n) is 9.69. The molecule has 3 aromatic rings. The SMILES string of the molecule is COC(=O)c1cccc(NC(=O)CCn2cnc3sc4c(c3c2=O)CCCC4)c1O. The van der Waals surface area contributed by atoms with Crippen molar-refractivity contribution in [3.05, 3.63) is 50.9 Å². The van der Waals surface area contributed by atoms with E-state index in [1.165, 1.54) is 41.1 Å². The third-order valence-corrected chi connectivity index (χ3v) is 6.44. The maximum Gasteiger partial charge on any atom is 0.341 e. The summed E-state index contributed by atoms with van der Waals surface area (Å²) in [4.78, 5) is 43.4. The topological polar surface area (TPSA) is 111 Å². The number of thiophene rings is 1. The summed E-state index contributed by atoms with van der Waals surface area (Å²) >= 11 is 1.59. The summed E-state index contributed by atoms with van der Waals surface area (Å²) in [5.41, 5.74) is 1.06. The summed E-state index contributed by atoms with van der Waals surface area (Å²) < 4.78 is 6.06. The largest absolute Gasteiger partial charge is 0.505 e. The van der Waals surface area contributed by atoms with Crippen LogP contribution in [0.2, 0.25) is 0 Å². The van der Waals surface area contributed by atoms with E-state index in [0.717, 1.165) is 36.1 Å². The average molecular weight is 427 g/mol. The van der Waals surface area contributed by atoms with E-state index in [2.05, 4.69) is 15.0 Å². The lowest BCUT2D eigenvalue weighted by molar-refractivity contribution is -0.116. The van der Waals surface area contributed by atoms with Gasteiger partial charge in [0.15, 0.2) is 5.75 Å². The predicted molar refractivity (Wildman–Crippen MR) is 113 cm³/mol. The number of aromatic nitrogens is 2. The minimum Gasteiger partial charge on any atom is -0.505 e. The monoisotopic (exact) mass is 427 g/mol. The van der Waals surface area contributed by atoms with Gasteiger partial charge in [-0.25, -0.2) is 9.78 Å². The summed E-state index contributed by atoms with van der Waals surface area (Å²) in [6, 6.07) is 4.42. The van der Waals surface area contributed by atoms with Gasteiger partial charge in [0.05, 0.1) is 24.5 Å². The fraction of sp³-hybridized carbons (Fsp3) is 0.333. The number of ether oxygens (including phenoxy) is 1. The number of para-hydroxylation sites is 1. The second-order valence-electron chi connectivity index (χ2n) is 7.13. The number of carbonyl (C=O) groups is 2. The maximum atomic E-state index is 12.9. The molecule has 0 radical (unpaired) electrons. The van der Waals surface area contributed by atoms with Crippen LogP contribution in [-0.2, 0) is 28.9 Å². The molecule has 0 unspecified atom stereocenters. The first-order chi connectivity index (χ1) is 14.5. The van der Waals surface area contributed by atoms with Crippen molar-refractivity contribution in [1.29, 1.82) is 0 Å². The predicted octanol–water partition coefficient (Wildman–Crippen LogP) is 2.86. The molecule has 8 nitrogen and oxygen atoms in total.